The molecular weight excluding hydrogens is 246 g/mol. The summed E-state index contributed by atoms with van der Waals surface area (Å²) in [4.78, 5) is 15.9. The summed E-state index contributed by atoms with van der Waals surface area (Å²) in [6, 6.07) is 1.58. The number of hydrogen-bond donors (Lipinski definition) is 3. The molecule has 0 aliphatic carbocycles. The summed E-state index contributed by atoms with van der Waals surface area (Å²) in [7, 11) is 0. The van der Waals surface area contributed by atoms with Crippen molar-refractivity contribution in [3.8, 4) is 0 Å². The van der Waals surface area contributed by atoms with E-state index in [1.165, 1.54) is 12.4 Å². The third kappa shape index (κ3) is 3.42. The molecule has 1 aromatic rings. The number of ether oxygens (including phenoxy) is 1. The monoisotopic (exact) mass is 265 g/mol. The highest BCUT2D eigenvalue weighted by molar-refractivity contribution is 5.94. The van der Waals surface area contributed by atoms with Crippen LogP contribution in [-0.2, 0) is 4.74 Å². The summed E-state index contributed by atoms with van der Waals surface area (Å²) in [5.74, 6) is -0.223. The average Bonchev–Trinajstić information content (AvgIpc) is 2.46. The van der Waals surface area contributed by atoms with E-state index in [9.17, 15) is 9.90 Å². The van der Waals surface area contributed by atoms with Crippen LogP contribution in [0, 0.1) is 5.41 Å². The highest BCUT2D eigenvalue weighted by Gasteiger charge is 2.32. The number of anilines is 1. The van der Waals surface area contributed by atoms with Crippen LogP contribution in [0.3, 0.4) is 0 Å². The molecule has 1 aliphatic heterocycles. The molecule has 0 saturated carbocycles. The quantitative estimate of drug-likeness (QED) is 0.721. The molecule has 2 rings (SSSR count). The number of rotatable bonds is 4. The Labute approximate surface area is 112 Å². The van der Waals surface area contributed by atoms with Crippen molar-refractivity contribution in [2.45, 2.75) is 12.8 Å². The Kier molecular flexibility index (Phi) is 4.34. The molecule has 1 amide bonds. The molecule has 0 atom stereocenters. The molecule has 0 bridgehead atoms. The number of carbonyl (C=O) groups is 1. The first-order valence-corrected chi connectivity index (χ1v) is 6.33. The van der Waals surface area contributed by atoms with Crippen molar-refractivity contribution in [3.05, 3.63) is 24.0 Å². The SMILES string of the molecule is Nc1cncc(C(=O)NCC2(CO)CCOCC2)c1. The lowest BCUT2D eigenvalue weighted by molar-refractivity contribution is -0.0146. The van der Waals surface area contributed by atoms with E-state index in [4.69, 9.17) is 10.5 Å². The number of nitrogens with one attached hydrogen (secondary N) is 1. The molecule has 1 aliphatic rings. The van der Waals surface area contributed by atoms with E-state index >= 15 is 0 Å². The minimum absolute atomic E-state index is 0.0474. The maximum Gasteiger partial charge on any atom is 0.252 e. The molecular formula is C13H19N3O3. The second-order valence-electron chi connectivity index (χ2n) is 4.96. The van der Waals surface area contributed by atoms with Gasteiger partial charge in [-0.1, -0.05) is 0 Å². The summed E-state index contributed by atoms with van der Waals surface area (Å²) in [5.41, 5.74) is 6.20. The van der Waals surface area contributed by atoms with Crippen LogP contribution < -0.4 is 11.1 Å². The molecule has 0 radical (unpaired) electrons. The molecule has 19 heavy (non-hydrogen) atoms. The molecule has 1 aromatic heterocycles. The van der Waals surface area contributed by atoms with Gasteiger partial charge in [0.2, 0.25) is 0 Å². The van der Waals surface area contributed by atoms with Gasteiger partial charge in [-0.15, -0.1) is 0 Å². The van der Waals surface area contributed by atoms with Gasteiger partial charge in [0.05, 0.1) is 17.9 Å². The maximum atomic E-state index is 12.0. The fourth-order valence-corrected chi connectivity index (χ4v) is 2.15. The summed E-state index contributed by atoms with van der Waals surface area (Å²) in [5, 5.41) is 12.4. The number of hydrogen-bond acceptors (Lipinski definition) is 5. The van der Waals surface area contributed by atoms with E-state index in [0.29, 0.717) is 31.0 Å². The van der Waals surface area contributed by atoms with Gasteiger partial charge in [0.25, 0.3) is 5.91 Å². The summed E-state index contributed by atoms with van der Waals surface area (Å²) >= 11 is 0. The van der Waals surface area contributed by atoms with E-state index in [2.05, 4.69) is 10.3 Å². The zero-order valence-corrected chi connectivity index (χ0v) is 10.8. The number of aliphatic hydroxyl groups excluding tert-OH is 1. The zero-order valence-electron chi connectivity index (χ0n) is 10.8. The van der Waals surface area contributed by atoms with Gasteiger partial charge in [-0.3, -0.25) is 9.78 Å². The first kappa shape index (κ1) is 13.8. The molecule has 0 aromatic carbocycles. The van der Waals surface area contributed by atoms with Gasteiger partial charge in [0, 0.05) is 37.6 Å². The van der Waals surface area contributed by atoms with Crippen molar-refractivity contribution in [2.24, 2.45) is 5.41 Å². The topological polar surface area (TPSA) is 97.5 Å². The van der Waals surface area contributed by atoms with E-state index in [1.807, 2.05) is 0 Å². The first-order valence-electron chi connectivity index (χ1n) is 6.33. The fraction of sp³-hybridized carbons (Fsp3) is 0.538. The van der Waals surface area contributed by atoms with Crippen molar-refractivity contribution in [3.63, 3.8) is 0 Å². The Morgan fingerprint density at radius 3 is 2.84 bits per heavy atom. The maximum absolute atomic E-state index is 12.0. The molecule has 6 heteroatoms. The van der Waals surface area contributed by atoms with Crippen LogP contribution in [0.5, 0.6) is 0 Å². The predicted molar refractivity (Wildman–Crippen MR) is 70.6 cm³/mol. The van der Waals surface area contributed by atoms with Crippen LogP contribution in [0.25, 0.3) is 0 Å². The lowest BCUT2D eigenvalue weighted by atomic mass is 9.81. The van der Waals surface area contributed by atoms with Crippen LogP contribution in [0.1, 0.15) is 23.2 Å². The van der Waals surface area contributed by atoms with E-state index in [1.54, 1.807) is 6.07 Å². The fourth-order valence-electron chi connectivity index (χ4n) is 2.15. The standard InChI is InChI=1S/C13H19N3O3/c14-11-5-10(6-15-7-11)12(18)16-8-13(9-17)1-3-19-4-2-13/h5-7,17H,1-4,8-9,14H2,(H,16,18). The van der Waals surface area contributed by atoms with Gasteiger partial charge >= 0.3 is 0 Å². The number of pyridine rings is 1. The summed E-state index contributed by atoms with van der Waals surface area (Å²) in [6.07, 6.45) is 4.46. The van der Waals surface area contributed by atoms with Crippen molar-refractivity contribution in [1.82, 2.24) is 10.3 Å². The van der Waals surface area contributed by atoms with Gasteiger partial charge in [-0.2, -0.15) is 0 Å². The van der Waals surface area contributed by atoms with Crippen molar-refractivity contribution in [1.29, 1.82) is 0 Å². The largest absolute Gasteiger partial charge is 0.397 e. The van der Waals surface area contributed by atoms with Crippen LogP contribution in [0.2, 0.25) is 0 Å². The number of aromatic nitrogens is 1. The van der Waals surface area contributed by atoms with Crippen LogP contribution in [-0.4, -0.2) is 42.4 Å². The van der Waals surface area contributed by atoms with Crippen LogP contribution in [0.15, 0.2) is 18.5 Å². The van der Waals surface area contributed by atoms with E-state index < -0.39 is 0 Å². The summed E-state index contributed by atoms with van der Waals surface area (Å²) < 4.78 is 5.28. The predicted octanol–water partition coefficient (Wildman–Crippen LogP) is 0.183. The summed E-state index contributed by atoms with van der Waals surface area (Å²) in [6.45, 7) is 1.72. The van der Waals surface area contributed by atoms with Crippen molar-refractivity contribution in [2.75, 3.05) is 32.1 Å². The van der Waals surface area contributed by atoms with Crippen LogP contribution >= 0.6 is 0 Å². The average molecular weight is 265 g/mol. The molecule has 104 valence electrons. The lowest BCUT2D eigenvalue weighted by Crippen LogP contribution is -2.43. The van der Waals surface area contributed by atoms with E-state index in [-0.39, 0.29) is 17.9 Å². The molecule has 4 N–H and O–H groups in total. The number of nitrogens with zero attached hydrogens (tertiary/aromatic N) is 1. The highest BCUT2D eigenvalue weighted by Crippen LogP contribution is 2.29. The van der Waals surface area contributed by atoms with Crippen molar-refractivity contribution >= 4 is 11.6 Å². The Morgan fingerprint density at radius 1 is 1.47 bits per heavy atom. The van der Waals surface area contributed by atoms with Gasteiger partial charge < -0.3 is 20.9 Å². The lowest BCUT2D eigenvalue weighted by Gasteiger charge is -2.35. The molecule has 0 unspecified atom stereocenters. The normalized spacial score (nSPS) is 17.9. The van der Waals surface area contributed by atoms with Crippen LogP contribution in [0.4, 0.5) is 5.69 Å². The highest BCUT2D eigenvalue weighted by atomic mass is 16.5. The Balaban J connectivity index is 1.95. The Hall–Kier alpha value is -1.66. The molecule has 6 nitrogen and oxygen atoms in total. The number of nitrogens with two attached hydrogens (primary N) is 1. The first-order chi connectivity index (χ1) is 9.15. The number of aliphatic hydroxyl groups is 1. The van der Waals surface area contributed by atoms with Gasteiger partial charge in [-0.25, -0.2) is 0 Å². The molecule has 0 spiro atoms. The third-order valence-corrected chi connectivity index (χ3v) is 3.53. The Bertz CT molecular complexity index is 445. The van der Waals surface area contributed by atoms with Gasteiger partial charge in [0.1, 0.15) is 0 Å². The van der Waals surface area contributed by atoms with Gasteiger partial charge in [-0.05, 0) is 18.9 Å². The third-order valence-electron chi connectivity index (χ3n) is 3.53. The number of nitrogen functional groups attached to an aromatic ring is 1. The van der Waals surface area contributed by atoms with E-state index in [0.717, 1.165) is 12.8 Å². The molecule has 1 saturated heterocycles. The minimum Gasteiger partial charge on any atom is -0.397 e. The van der Waals surface area contributed by atoms with Crippen molar-refractivity contribution < 1.29 is 14.6 Å². The minimum atomic E-state index is -0.276. The molecule has 2 heterocycles. The zero-order chi connectivity index (χ0) is 13.7. The second-order valence-corrected chi connectivity index (χ2v) is 4.96. The number of carbonyl (C=O) groups excluding carboxylic acids is 1. The number of amides is 1. The smallest absolute Gasteiger partial charge is 0.252 e. The Morgan fingerprint density at radius 2 is 2.21 bits per heavy atom. The molecule has 1 fully saturated rings. The van der Waals surface area contributed by atoms with Gasteiger partial charge in [0.15, 0.2) is 0 Å². The second kappa shape index (κ2) is 5.99.